The number of hydrogen-bond acceptors (Lipinski definition) is 3. The lowest BCUT2D eigenvalue weighted by Gasteiger charge is -2.38. The molecule has 0 radical (unpaired) electrons. The smallest absolute Gasteiger partial charge is 0.215 e. The molecule has 90 valence electrons. The molecule has 4 nitrogen and oxygen atoms in total. The van der Waals surface area contributed by atoms with Gasteiger partial charge in [0.1, 0.15) is 0 Å². The molecule has 2 N–H and O–H groups in total. The zero-order chi connectivity index (χ0) is 11.5. The molecule has 1 unspecified atom stereocenters. The van der Waals surface area contributed by atoms with Crippen molar-refractivity contribution in [1.82, 2.24) is 10.0 Å². The minimum Gasteiger partial charge on any atom is -0.318 e. The van der Waals surface area contributed by atoms with Crippen LogP contribution in [0.2, 0.25) is 0 Å². The van der Waals surface area contributed by atoms with Crippen LogP contribution in [-0.2, 0) is 10.0 Å². The fraction of sp³-hybridized carbons (Fsp3) is 1.00. The first-order valence-electron chi connectivity index (χ1n) is 5.53. The molecule has 0 aromatic rings. The van der Waals surface area contributed by atoms with Crippen molar-refractivity contribution in [2.45, 2.75) is 38.4 Å². The Hall–Kier alpha value is -0.130. The Morgan fingerprint density at radius 2 is 2.00 bits per heavy atom. The van der Waals surface area contributed by atoms with Crippen LogP contribution in [0.5, 0.6) is 0 Å². The molecule has 0 aromatic heterocycles. The van der Waals surface area contributed by atoms with Crippen molar-refractivity contribution in [1.29, 1.82) is 0 Å². The van der Waals surface area contributed by atoms with Gasteiger partial charge < -0.3 is 5.32 Å². The Morgan fingerprint density at radius 1 is 1.40 bits per heavy atom. The fourth-order valence-electron chi connectivity index (χ4n) is 1.77. The summed E-state index contributed by atoms with van der Waals surface area (Å²) < 4.78 is 26.2. The van der Waals surface area contributed by atoms with E-state index >= 15 is 0 Å². The number of sulfonamides is 1. The number of rotatable bonds is 6. The third-order valence-electron chi connectivity index (χ3n) is 3.28. The first-order chi connectivity index (χ1) is 6.90. The van der Waals surface area contributed by atoms with Gasteiger partial charge in [0.2, 0.25) is 10.0 Å². The molecule has 0 heterocycles. The quantitative estimate of drug-likeness (QED) is 0.711. The molecule has 0 saturated heterocycles. The lowest BCUT2D eigenvalue weighted by Crippen LogP contribution is -2.44. The predicted molar refractivity (Wildman–Crippen MR) is 62.3 cm³/mol. The summed E-state index contributed by atoms with van der Waals surface area (Å²) >= 11 is 0. The van der Waals surface area contributed by atoms with Gasteiger partial charge in [-0.3, -0.25) is 0 Å². The van der Waals surface area contributed by atoms with Crippen molar-refractivity contribution in [2.24, 2.45) is 5.41 Å². The summed E-state index contributed by atoms with van der Waals surface area (Å²) in [6.07, 6.45) is 3.50. The van der Waals surface area contributed by atoms with Gasteiger partial charge in [-0.1, -0.05) is 13.3 Å². The van der Waals surface area contributed by atoms with Crippen LogP contribution < -0.4 is 10.0 Å². The van der Waals surface area contributed by atoms with E-state index in [0.29, 0.717) is 13.1 Å². The van der Waals surface area contributed by atoms with E-state index in [1.54, 1.807) is 14.0 Å². The average Bonchev–Trinajstić information content (AvgIpc) is 2.12. The van der Waals surface area contributed by atoms with Gasteiger partial charge in [0.25, 0.3) is 0 Å². The average molecular weight is 234 g/mol. The van der Waals surface area contributed by atoms with Gasteiger partial charge >= 0.3 is 0 Å². The topological polar surface area (TPSA) is 58.2 Å². The van der Waals surface area contributed by atoms with Crippen molar-refractivity contribution in [3.63, 3.8) is 0 Å². The van der Waals surface area contributed by atoms with Crippen molar-refractivity contribution in [3.8, 4) is 0 Å². The van der Waals surface area contributed by atoms with Gasteiger partial charge in [-0.2, -0.15) is 0 Å². The van der Waals surface area contributed by atoms with E-state index in [1.807, 2.05) is 0 Å². The van der Waals surface area contributed by atoms with Gasteiger partial charge in [-0.25, -0.2) is 13.1 Å². The van der Waals surface area contributed by atoms with Crippen molar-refractivity contribution < 1.29 is 8.42 Å². The normalized spacial score (nSPS) is 22.1. The highest BCUT2D eigenvalue weighted by Gasteiger charge is 2.33. The van der Waals surface area contributed by atoms with E-state index in [0.717, 1.165) is 12.8 Å². The first-order valence-corrected chi connectivity index (χ1v) is 7.07. The summed E-state index contributed by atoms with van der Waals surface area (Å²) in [5.41, 5.74) is 0.201. The van der Waals surface area contributed by atoms with E-state index in [1.165, 1.54) is 6.42 Å². The van der Waals surface area contributed by atoms with E-state index in [2.05, 4.69) is 17.0 Å². The first kappa shape index (κ1) is 12.9. The molecule has 1 aliphatic carbocycles. The van der Waals surface area contributed by atoms with Crippen LogP contribution in [-0.4, -0.2) is 33.8 Å². The second-order valence-corrected chi connectivity index (χ2v) is 7.08. The van der Waals surface area contributed by atoms with Crippen LogP contribution in [0.25, 0.3) is 0 Å². The highest BCUT2D eigenvalue weighted by atomic mass is 32.2. The van der Waals surface area contributed by atoms with Gasteiger partial charge in [-0.05, 0) is 32.2 Å². The lowest BCUT2D eigenvalue weighted by molar-refractivity contribution is 0.166. The SMILES string of the molecule is CNCC(C)S(=O)(=O)NCC1(C)CCC1. The summed E-state index contributed by atoms with van der Waals surface area (Å²) in [5, 5.41) is 2.51. The van der Waals surface area contributed by atoms with Crippen LogP contribution >= 0.6 is 0 Å². The maximum atomic E-state index is 11.8. The summed E-state index contributed by atoms with van der Waals surface area (Å²) in [5.74, 6) is 0. The summed E-state index contributed by atoms with van der Waals surface area (Å²) in [4.78, 5) is 0. The molecule has 0 aliphatic heterocycles. The second-order valence-electron chi connectivity index (χ2n) is 4.90. The summed E-state index contributed by atoms with van der Waals surface area (Å²) in [6.45, 7) is 4.94. The highest BCUT2D eigenvalue weighted by Crippen LogP contribution is 2.39. The molecule has 0 bridgehead atoms. The highest BCUT2D eigenvalue weighted by molar-refractivity contribution is 7.90. The van der Waals surface area contributed by atoms with E-state index in [4.69, 9.17) is 0 Å². The van der Waals surface area contributed by atoms with E-state index < -0.39 is 10.0 Å². The molecule has 1 aliphatic rings. The zero-order valence-corrected chi connectivity index (χ0v) is 10.7. The summed E-state index contributed by atoms with van der Waals surface area (Å²) in [7, 11) is -1.38. The minimum absolute atomic E-state index is 0.201. The largest absolute Gasteiger partial charge is 0.318 e. The molecule has 1 atom stereocenters. The molecule has 5 heteroatoms. The maximum absolute atomic E-state index is 11.8. The van der Waals surface area contributed by atoms with E-state index in [9.17, 15) is 8.42 Å². The van der Waals surface area contributed by atoms with Crippen LogP contribution in [0.1, 0.15) is 33.1 Å². The molecule has 1 fully saturated rings. The van der Waals surface area contributed by atoms with Crippen LogP contribution in [0.15, 0.2) is 0 Å². The molecule has 0 amide bonds. The second kappa shape index (κ2) is 4.80. The number of nitrogens with one attached hydrogen (secondary N) is 2. The molecule has 0 spiro atoms. The Morgan fingerprint density at radius 3 is 2.40 bits per heavy atom. The monoisotopic (exact) mass is 234 g/mol. The van der Waals surface area contributed by atoms with Gasteiger partial charge in [0, 0.05) is 13.1 Å². The van der Waals surface area contributed by atoms with Crippen LogP contribution in [0, 0.1) is 5.41 Å². The van der Waals surface area contributed by atoms with Crippen LogP contribution in [0.3, 0.4) is 0 Å². The molecular formula is C10H22N2O2S. The molecule has 0 aromatic carbocycles. The zero-order valence-electron chi connectivity index (χ0n) is 9.84. The standard InChI is InChI=1S/C10H22N2O2S/c1-9(7-11-3)15(13,14)12-8-10(2)5-4-6-10/h9,11-12H,4-8H2,1-3H3. The third-order valence-corrected chi connectivity index (χ3v) is 5.05. The van der Waals surface area contributed by atoms with Gasteiger partial charge in [-0.15, -0.1) is 0 Å². The Bertz CT molecular complexity index is 297. The number of hydrogen-bond donors (Lipinski definition) is 2. The van der Waals surface area contributed by atoms with Crippen molar-refractivity contribution in [3.05, 3.63) is 0 Å². The molecule has 15 heavy (non-hydrogen) atoms. The van der Waals surface area contributed by atoms with Crippen molar-refractivity contribution >= 4 is 10.0 Å². The Kier molecular flexibility index (Phi) is 4.14. The van der Waals surface area contributed by atoms with Gasteiger partial charge in [0.15, 0.2) is 0 Å². The van der Waals surface area contributed by atoms with Gasteiger partial charge in [0.05, 0.1) is 5.25 Å². The van der Waals surface area contributed by atoms with Crippen LogP contribution in [0.4, 0.5) is 0 Å². The fourth-order valence-corrected chi connectivity index (χ4v) is 2.99. The maximum Gasteiger partial charge on any atom is 0.215 e. The Balaban J connectivity index is 2.42. The lowest BCUT2D eigenvalue weighted by atomic mass is 9.71. The van der Waals surface area contributed by atoms with Crippen molar-refractivity contribution in [2.75, 3.05) is 20.1 Å². The summed E-state index contributed by atoms with van der Waals surface area (Å²) in [6, 6.07) is 0. The molecule has 1 saturated carbocycles. The third kappa shape index (κ3) is 3.43. The van der Waals surface area contributed by atoms with E-state index in [-0.39, 0.29) is 10.7 Å². The minimum atomic E-state index is -3.14. The molecular weight excluding hydrogens is 212 g/mol. The Labute approximate surface area is 92.9 Å². The predicted octanol–water partition coefficient (Wildman–Crippen LogP) is 0.704. The molecule has 1 rings (SSSR count).